The van der Waals surface area contributed by atoms with Crippen LogP contribution in [0.5, 0.6) is 0 Å². The Labute approximate surface area is 153 Å². The van der Waals surface area contributed by atoms with Gasteiger partial charge in [0, 0.05) is 33.9 Å². The molecule has 0 unspecified atom stereocenters. The van der Waals surface area contributed by atoms with Crippen LogP contribution in [0.4, 0.5) is 0 Å². The van der Waals surface area contributed by atoms with Crippen LogP contribution >= 0.6 is 11.6 Å². The number of nitrogens with one attached hydrogen (secondary N) is 1. The molecule has 7 heteroatoms. The average Bonchev–Trinajstić information content (AvgIpc) is 3.34. The number of halogens is 1. The Kier molecular flexibility index (Phi) is 3.17. The van der Waals surface area contributed by atoms with Crippen LogP contribution < -0.4 is 0 Å². The molecule has 0 amide bonds. The maximum atomic E-state index is 6.20. The van der Waals surface area contributed by atoms with E-state index in [0.717, 1.165) is 43.6 Å². The topological polar surface area (TPSA) is 72.5 Å². The lowest BCUT2D eigenvalue weighted by atomic mass is 10.1. The number of aromatic amines is 1. The predicted octanol–water partition coefficient (Wildman–Crippen LogP) is 4.73. The highest BCUT2D eigenvalue weighted by Gasteiger charge is 2.14. The van der Waals surface area contributed by atoms with Gasteiger partial charge in [-0.2, -0.15) is 10.1 Å². The summed E-state index contributed by atoms with van der Waals surface area (Å²) in [7, 11) is 1.91. The van der Waals surface area contributed by atoms with Gasteiger partial charge >= 0.3 is 0 Å². The maximum Gasteiger partial charge on any atom is 0.274 e. The molecular formula is C19H14ClN5O. The number of aryl methyl sites for hydroxylation is 2. The number of aromatic nitrogens is 5. The van der Waals surface area contributed by atoms with Crippen LogP contribution in [-0.2, 0) is 7.05 Å². The molecule has 0 aliphatic carbocycles. The minimum absolute atomic E-state index is 0.440. The largest absolute Gasteiger partial charge is 0.350 e. The number of benzene rings is 2. The molecular weight excluding hydrogens is 350 g/mol. The lowest BCUT2D eigenvalue weighted by Gasteiger charge is -1.97. The molecule has 26 heavy (non-hydrogen) atoms. The quantitative estimate of drug-likeness (QED) is 0.492. The van der Waals surface area contributed by atoms with Crippen molar-refractivity contribution in [2.75, 3.05) is 0 Å². The summed E-state index contributed by atoms with van der Waals surface area (Å²) in [5.74, 6) is 0.978. The second kappa shape index (κ2) is 5.44. The van der Waals surface area contributed by atoms with E-state index in [9.17, 15) is 0 Å². The van der Waals surface area contributed by atoms with Crippen LogP contribution in [0.3, 0.4) is 0 Å². The zero-order valence-electron chi connectivity index (χ0n) is 14.1. The van der Waals surface area contributed by atoms with Crippen molar-refractivity contribution in [3.8, 4) is 23.0 Å². The molecule has 0 radical (unpaired) electrons. The van der Waals surface area contributed by atoms with Gasteiger partial charge in [0.25, 0.3) is 5.89 Å². The summed E-state index contributed by atoms with van der Waals surface area (Å²) >= 11 is 6.20. The van der Waals surface area contributed by atoms with Crippen LogP contribution in [0, 0.1) is 6.92 Å². The van der Waals surface area contributed by atoms with Crippen LogP contribution in [0.25, 0.3) is 44.8 Å². The number of hydrogen-bond acceptors (Lipinski definition) is 4. The first-order valence-electron chi connectivity index (χ1n) is 8.13. The van der Waals surface area contributed by atoms with Crippen molar-refractivity contribution in [1.29, 1.82) is 0 Å². The van der Waals surface area contributed by atoms with Gasteiger partial charge in [0.2, 0.25) is 5.82 Å². The Balaban J connectivity index is 1.57. The first kappa shape index (κ1) is 15.2. The molecule has 1 N–H and O–H groups in total. The Hall–Kier alpha value is -3.12. The van der Waals surface area contributed by atoms with Gasteiger partial charge in [0.05, 0.1) is 11.7 Å². The van der Waals surface area contributed by atoms with Gasteiger partial charge in [0.15, 0.2) is 0 Å². The maximum absolute atomic E-state index is 6.20. The fourth-order valence-corrected chi connectivity index (χ4v) is 3.28. The number of hydrogen-bond donors (Lipinski definition) is 1. The van der Waals surface area contributed by atoms with E-state index in [1.807, 2.05) is 61.2 Å². The Bertz CT molecular complexity index is 1240. The van der Waals surface area contributed by atoms with E-state index in [4.69, 9.17) is 16.1 Å². The molecule has 128 valence electrons. The van der Waals surface area contributed by atoms with Crippen molar-refractivity contribution >= 4 is 33.4 Å². The molecule has 0 aliphatic heterocycles. The highest BCUT2D eigenvalue weighted by Crippen LogP contribution is 2.29. The number of rotatable bonds is 2. The van der Waals surface area contributed by atoms with Crippen molar-refractivity contribution in [1.82, 2.24) is 24.9 Å². The van der Waals surface area contributed by atoms with Crippen LogP contribution in [0.2, 0.25) is 5.02 Å². The van der Waals surface area contributed by atoms with E-state index in [0.29, 0.717) is 11.7 Å². The van der Waals surface area contributed by atoms with Gasteiger partial charge in [-0.3, -0.25) is 4.68 Å². The molecule has 2 aromatic carbocycles. The zero-order chi connectivity index (χ0) is 17.8. The van der Waals surface area contributed by atoms with Crippen molar-refractivity contribution in [3.05, 3.63) is 53.2 Å². The van der Waals surface area contributed by atoms with Crippen LogP contribution in [0.1, 0.15) is 5.56 Å². The van der Waals surface area contributed by atoms with E-state index < -0.39 is 0 Å². The van der Waals surface area contributed by atoms with Gasteiger partial charge < -0.3 is 9.51 Å². The SMILES string of the molecule is Cc1cc2cc(-c3nc(-c4ccc5cnn(C)c5c4)no3)[nH]c2cc1Cl. The standard InChI is InChI=1S/C19H14ClN5O/c1-10-5-13-6-16(22-15(13)8-14(10)20)19-23-18(24-26-19)11-3-4-12-9-21-25(2)17(12)7-11/h3-9,22H,1-2H3. The third-order valence-corrected chi connectivity index (χ3v) is 4.97. The van der Waals surface area contributed by atoms with E-state index in [1.54, 1.807) is 0 Å². The van der Waals surface area contributed by atoms with Gasteiger partial charge in [-0.1, -0.05) is 28.9 Å². The van der Waals surface area contributed by atoms with Crippen molar-refractivity contribution < 1.29 is 4.52 Å². The molecule has 0 saturated carbocycles. The van der Waals surface area contributed by atoms with E-state index in [-0.39, 0.29) is 0 Å². The summed E-state index contributed by atoms with van der Waals surface area (Å²) in [6.07, 6.45) is 1.83. The third kappa shape index (κ3) is 2.30. The number of nitrogens with zero attached hydrogens (tertiary/aromatic N) is 4. The second-order valence-corrected chi connectivity index (χ2v) is 6.74. The normalized spacial score (nSPS) is 11.7. The highest BCUT2D eigenvalue weighted by molar-refractivity contribution is 6.32. The Morgan fingerprint density at radius 3 is 2.88 bits per heavy atom. The number of fused-ring (bicyclic) bond motifs is 2. The number of H-pyrrole nitrogens is 1. The molecule has 0 fully saturated rings. The van der Waals surface area contributed by atoms with E-state index in [1.165, 1.54) is 0 Å². The molecule has 5 aromatic rings. The monoisotopic (exact) mass is 363 g/mol. The fraction of sp³-hybridized carbons (Fsp3) is 0.105. The summed E-state index contributed by atoms with van der Waals surface area (Å²) in [6, 6.07) is 11.9. The van der Waals surface area contributed by atoms with Crippen molar-refractivity contribution in [3.63, 3.8) is 0 Å². The summed E-state index contributed by atoms with van der Waals surface area (Å²) in [4.78, 5) is 7.82. The fourth-order valence-electron chi connectivity index (χ4n) is 3.12. The van der Waals surface area contributed by atoms with Crippen molar-refractivity contribution in [2.24, 2.45) is 7.05 Å². The lowest BCUT2D eigenvalue weighted by Crippen LogP contribution is -1.89. The summed E-state index contributed by atoms with van der Waals surface area (Å²) in [6.45, 7) is 1.98. The third-order valence-electron chi connectivity index (χ3n) is 4.56. The van der Waals surface area contributed by atoms with Crippen molar-refractivity contribution in [2.45, 2.75) is 6.92 Å². The van der Waals surface area contributed by atoms with E-state index >= 15 is 0 Å². The molecule has 6 nitrogen and oxygen atoms in total. The zero-order valence-corrected chi connectivity index (χ0v) is 14.9. The second-order valence-electron chi connectivity index (χ2n) is 6.34. The molecule has 0 bridgehead atoms. The van der Waals surface area contributed by atoms with E-state index in [2.05, 4.69) is 20.2 Å². The van der Waals surface area contributed by atoms with Gasteiger partial charge in [-0.15, -0.1) is 0 Å². The highest BCUT2D eigenvalue weighted by atomic mass is 35.5. The first-order chi connectivity index (χ1) is 12.6. The first-order valence-corrected chi connectivity index (χ1v) is 8.51. The summed E-state index contributed by atoms with van der Waals surface area (Å²) in [5.41, 5.74) is 4.63. The van der Waals surface area contributed by atoms with Gasteiger partial charge in [-0.05, 0) is 36.8 Å². The molecule has 0 saturated heterocycles. The summed E-state index contributed by atoms with van der Waals surface area (Å²) < 4.78 is 7.29. The molecule has 3 aromatic heterocycles. The molecule has 0 atom stereocenters. The van der Waals surface area contributed by atoms with Gasteiger partial charge in [0.1, 0.15) is 5.69 Å². The van der Waals surface area contributed by atoms with Crippen LogP contribution in [0.15, 0.2) is 47.1 Å². The minimum Gasteiger partial charge on any atom is -0.350 e. The van der Waals surface area contributed by atoms with Gasteiger partial charge in [-0.25, -0.2) is 0 Å². The Morgan fingerprint density at radius 1 is 1.12 bits per heavy atom. The molecule has 0 aliphatic rings. The average molecular weight is 364 g/mol. The molecule has 3 heterocycles. The minimum atomic E-state index is 0.440. The van der Waals surface area contributed by atoms with Crippen LogP contribution in [-0.4, -0.2) is 24.9 Å². The molecule has 5 rings (SSSR count). The Morgan fingerprint density at radius 2 is 2.00 bits per heavy atom. The smallest absolute Gasteiger partial charge is 0.274 e. The molecule has 0 spiro atoms. The lowest BCUT2D eigenvalue weighted by molar-refractivity contribution is 0.431. The summed E-state index contributed by atoms with van der Waals surface area (Å²) in [5, 5.41) is 11.2. The predicted molar refractivity (Wildman–Crippen MR) is 101 cm³/mol.